The SMILES string of the molecule is Cc1ccc2cc(C(F)(F)F)cc(C)c2n1. The van der Waals surface area contributed by atoms with Gasteiger partial charge in [-0.25, -0.2) is 0 Å². The molecule has 1 heterocycles. The molecule has 16 heavy (non-hydrogen) atoms. The molecule has 0 saturated carbocycles. The molecule has 0 amide bonds. The van der Waals surface area contributed by atoms with Crippen LogP contribution in [0.25, 0.3) is 10.9 Å². The van der Waals surface area contributed by atoms with Crippen molar-refractivity contribution in [2.24, 2.45) is 0 Å². The summed E-state index contributed by atoms with van der Waals surface area (Å²) >= 11 is 0. The first-order chi connectivity index (χ1) is 7.38. The van der Waals surface area contributed by atoms with Gasteiger partial charge in [-0.15, -0.1) is 0 Å². The van der Waals surface area contributed by atoms with Crippen molar-refractivity contribution < 1.29 is 13.2 Å². The number of nitrogens with zero attached hydrogens (tertiary/aromatic N) is 1. The lowest BCUT2D eigenvalue weighted by Gasteiger charge is -2.10. The Hall–Kier alpha value is -1.58. The highest BCUT2D eigenvalue weighted by Gasteiger charge is 2.31. The Morgan fingerprint density at radius 2 is 1.75 bits per heavy atom. The van der Waals surface area contributed by atoms with Crippen LogP contribution in [0.1, 0.15) is 16.8 Å². The van der Waals surface area contributed by atoms with Gasteiger partial charge in [0.2, 0.25) is 0 Å². The van der Waals surface area contributed by atoms with E-state index in [1.165, 1.54) is 0 Å². The molecule has 0 spiro atoms. The zero-order valence-corrected chi connectivity index (χ0v) is 8.89. The molecular formula is C12H10F3N. The summed E-state index contributed by atoms with van der Waals surface area (Å²) in [5.74, 6) is 0. The second-order valence-corrected chi connectivity index (χ2v) is 3.82. The summed E-state index contributed by atoms with van der Waals surface area (Å²) < 4.78 is 37.7. The average molecular weight is 225 g/mol. The molecule has 1 nitrogen and oxygen atoms in total. The third-order valence-electron chi connectivity index (χ3n) is 2.45. The molecule has 0 N–H and O–H groups in total. The molecule has 84 valence electrons. The third kappa shape index (κ3) is 1.87. The zero-order valence-electron chi connectivity index (χ0n) is 8.89. The average Bonchev–Trinajstić information content (AvgIpc) is 2.17. The van der Waals surface area contributed by atoms with E-state index < -0.39 is 11.7 Å². The summed E-state index contributed by atoms with van der Waals surface area (Å²) in [4.78, 5) is 4.23. The Balaban J connectivity index is 2.74. The number of benzene rings is 1. The quantitative estimate of drug-likeness (QED) is 0.663. The number of halogens is 3. The van der Waals surface area contributed by atoms with Crippen molar-refractivity contribution in [3.63, 3.8) is 0 Å². The fourth-order valence-corrected chi connectivity index (χ4v) is 1.67. The summed E-state index contributed by atoms with van der Waals surface area (Å²) in [7, 11) is 0. The van der Waals surface area contributed by atoms with Crippen LogP contribution in [0.3, 0.4) is 0 Å². The standard InChI is InChI=1S/C12H10F3N/c1-7-5-10(12(13,14)15)6-9-4-3-8(2)16-11(7)9/h3-6H,1-2H3. The molecule has 0 atom stereocenters. The van der Waals surface area contributed by atoms with Crippen molar-refractivity contribution in [1.82, 2.24) is 4.98 Å². The minimum Gasteiger partial charge on any atom is -0.253 e. The van der Waals surface area contributed by atoms with Crippen LogP contribution in [-0.2, 0) is 6.18 Å². The van der Waals surface area contributed by atoms with E-state index in [-0.39, 0.29) is 0 Å². The maximum Gasteiger partial charge on any atom is 0.416 e. The van der Waals surface area contributed by atoms with Gasteiger partial charge in [0.25, 0.3) is 0 Å². The van der Waals surface area contributed by atoms with E-state index >= 15 is 0 Å². The van der Waals surface area contributed by atoms with Crippen molar-refractivity contribution in [2.75, 3.05) is 0 Å². The highest BCUT2D eigenvalue weighted by atomic mass is 19.4. The Bertz CT molecular complexity index is 544. The first-order valence-electron chi connectivity index (χ1n) is 4.83. The molecule has 0 aliphatic heterocycles. The van der Waals surface area contributed by atoms with Gasteiger partial charge in [0.15, 0.2) is 0 Å². The van der Waals surface area contributed by atoms with Crippen LogP contribution in [0.4, 0.5) is 13.2 Å². The maximum atomic E-state index is 12.6. The lowest BCUT2D eigenvalue weighted by Crippen LogP contribution is -2.05. The van der Waals surface area contributed by atoms with Crippen LogP contribution < -0.4 is 0 Å². The lowest BCUT2D eigenvalue weighted by molar-refractivity contribution is -0.137. The molecule has 0 radical (unpaired) electrons. The number of alkyl halides is 3. The molecule has 0 bridgehead atoms. The van der Waals surface area contributed by atoms with Crippen molar-refractivity contribution >= 4 is 10.9 Å². The zero-order chi connectivity index (χ0) is 11.9. The number of fused-ring (bicyclic) bond motifs is 1. The van der Waals surface area contributed by atoms with Crippen molar-refractivity contribution in [3.8, 4) is 0 Å². The molecule has 0 fully saturated rings. The van der Waals surface area contributed by atoms with Crippen LogP contribution in [0.5, 0.6) is 0 Å². The van der Waals surface area contributed by atoms with Gasteiger partial charge in [-0.3, -0.25) is 4.98 Å². The Morgan fingerprint density at radius 3 is 2.38 bits per heavy atom. The summed E-state index contributed by atoms with van der Waals surface area (Å²) in [5.41, 5.74) is 1.36. The monoisotopic (exact) mass is 225 g/mol. The molecule has 0 aliphatic rings. The van der Waals surface area contributed by atoms with Gasteiger partial charge in [-0.2, -0.15) is 13.2 Å². The van der Waals surface area contributed by atoms with Gasteiger partial charge < -0.3 is 0 Å². The molecule has 0 aliphatic carbocycles. The number of aryl methyl sites for hydroxylation is 2. The number of pyridine rings is 1. The van der Waals surface area contributed by atoms with E-state index in [9.17, 15) is 13.2 Å². The van der Waals surface area contributed by atoms with Gasteiger partial charge in [0, 0.05) is 11.1 Å². The number of hydrogen-bond donors (Lipinski definition) is 0. The van der Waals surface area contributed by atoms with E-state index in [2.05, 4.69) is 4.98 Å². The lowest BCUT2D eigenvalue weighted by atomic mass is 10.1. The van der Waals surface area contributed by atoms with E-state index in [0.29, 0.717) is 16.5 Å². The van der Waals surface area contributed by atoms with Gasteiger partial charge >= 0.3 is 6.18 Å². The molecular weight excluding hydrogens is 215 g/mol. The minimum absolute atomic E-state index is 0.526. The van der Waals surface area contributed by atoms with Gasteiger partial charge in [-0.05, 0) is 37.6 Å². The highest BCUT2D eigenvalue weighted by Crippen LogP contribution is 2.32. The Labute approximate surface area is 90.9 Å². The largest absolute Gasteiger partial charge is 0.416 e. The number of aromatic nitrogens is 1. The van der Waals surface area contributed by atoms with Crippen molar-refractivity contribution in [3.05, 3.63) is 41.1 Å². The third-order valence-corrected chi connectivity index (χ3v) is 2.45. The Kier molecular flexibility index (Phi) is 2.37. The van der Waals surface area contributed by atoms with Gasteiger partial charge in [-0.1, -0.05) is 6.07 Å². The molecule has 1 aromatic carbocycles. The second-order valence-electron chi connectivity index (χ2n) is 3.82. The fourth-order valence-electron chi connectivity index (χ4n) is 1.67. The van der Waals surface area contributed by atoms with Crippen molar-refractivity contribution in [2.45, 2.75) is 20.0 Å². The van der Waals surface area contributed by atoms with E-state index in [1.807, 2.05) is 6.92 Å². The minimum atomic E-state index is -4.30. The molecule has 4 heteroatoms. The normalized spacial score (nSPS) is 12.1. The maximum absolute atomic E-state index is 12.6. The molecule has 2 rings (SSSR count). The van der Waals surface area contributed by atoms with Crippen LogP contribution in [-0.4, -0.2) is 4.98 Å². The number of rotatable bonds is 0. The highest BCUT2D eigenvalue weighted by molar-refractivity contribution is 5.82. The Morgan fingerprint density at radius 1 is 1.06 bits per heavy atom. The summed E-state index contributed by atoms with van der Waals surface area (Å²) in [6, 6.07) is 5.64. The van der Waals surface area contributed by atoms with Crippen LogP contribution in [0, 0.1) is 13.8 Å². The molecule has 0 saturated heterocycles. The smallest absolute Gasteiger partial charge is 0.253 e. The molecule has 0 unspecified atom stereocenters. The molecule has 1 aromatic heterocycles. The summed E-state index contributed by atoms with van der Waals surface area (Å²) in [6.45, 7) is 3.46. The predicted molar refractivity (Wildman–Crippen MR) is 56.2 cm³/mol. The van der Waals surface area contributed by atoms with Crippen LogP contribution in [0.2, 0.25) is 0 Å². The fraction of sp³-hybridized carbons (Fsp3) is 0.250. The van der Waals surface area contributed by atoms with Crippen LogP contribution in [0.15, 0.2) is 24.3 Å². The van der Waals surface area contributed by atoms with Crippen molar-refractivity contribution in [1.29, 1.82) is 0 Å². The first-order valence-corrected chi connectivity index (χ1v) is 4.83. The second kappa shape index (κ2) is 3.47. The summed E-state index contributed by atoms with van der Waals surface area (Å²) in [6.07, 6.45) is -4.30. The van der Waals surface area contributed by atoms with E-state index in [1.54, 1.807) is 19.1 Å². The summed E-state index contributed by atoms with van der Waals surface area (Å²) in [5, 5.41) is 0.526. The predicted octanol–water partition coefficient (Wildman–Crippen LogP) is 3.87. The number of hydrogen-bond acceptors (Lipinski definition) is 1. The topological polar surface area (TPSA) is 12.9 Å². The van der Waals surface area contributed by atoms with Gasteiger partial charge in [0.05, 0.1) is 11.1 Å². The van der Waals surface area contributed by atoms with Crippen LogP contribution >= 0.6 is 0 Å². The van der Waals surface area contributed by atoms with Gasteiger partial charge in [0.1, 0.15) is 0 Å². The van der Waals surface area contributed by atoms with E-state index in [4.69, 9.17) is 0 Å². The molecule has 2 aromatic rings. The van der Waals surface area contributed by atoms with E-state index in [0.717, 1.165) is 17.8 Å². The first kappa shape index (κ1) is 10.9.